The Hall–Kier alpha value is -2.51. The number of benzene rings is 2. The number of halogens is 1. The van der Waals surface area contributed by atoms with E-state index in [4.69, 9.17) is 17.3 Å². The van der Waals surface area contributed by atoms with Crippen molar-refractivity contribution < 1.29 is 13.2 Å². The molecule has 0 heterocycles. The Kier molecular flexibility index (Phi) is 5.25. The van der Waals surface area contributed by atoms with Crippen LogP contribution in [0.5, 0.6) is 0 Å². The van der Waals surface area contributed by atoms with Crippen LogP contribution in [0.2, 0.25) is 5.02 Å². The number of carbonyl (C=O) groups is 1. The first-order valence-electron chi connectivity index (χ1n) is 6.47. The molecule has 0 atom stereocenters. The number of nitrogens with one attached hydrogen (secondary N) is 2. The van der Waals surface area contributed by atoms with E-state index in [1.807, 2.05) is 0 Å². The second-order valence-corrected chi connectivity index (χ2v) is 6.57. The highest BCUT2D eigenvalue weighted by Crippen LogP contribution is 2.17. The lowest BCUT2D eigenvalue weighted by Crippen LogP contribution is -2.19. The molecule has 0 radical (unpaired) electrons. The Labute approximate surface area is 139 Å². The van der Waals surface area contributed by atoms with Gasteiger partial charge in [0, 0.05) is 10.7 Å². The molecule has 0 aliphatic carbocycles. The second kappa shape index (κ2) is 7.17. The maximum atomic E-state index is 12.0. The Bertz CT molecular complexity index is 833. The molecule has 0 saturated carbocycles. The molecule has 0 aliphatic rings. The number of anilines is 2. The molecule has 0 aliphatic heterocycles. The van der Waals surface area contributed by atoms with Gasteiger partial charge in [0.2, 0.25) is 0 Å². The number of hydrogen-bond acceptors (Lipinski definition) is 3. The van der Waals surface area contributed by atoms with Gasteiger partial charge in [-0.15, -0.1) is 0 Å². The Morgan fingerprint density at radius 3 is 2.39 bits per heavy atom. The van der Waals surface area contributed by atoms with Gasteiger partial charge in [0.15, 0.2) is 0 Å². The number of hydrogen-bond donors (Lipinski definition) is 3. The third kappa shape index (κ3) is 5.65. The lowest BCUT2D eigenvalue weighted by Gasteiger charge is -2.07. The zero-order chi connectivity index (χ0) is 16.9. The topological polar surface area (TPSA) is 101 Å². The van der Waals surface area contributed by atoms with Crippen LogP contribution in [-0.4, -0.2) is 14.4 Å². The van der Waals surface area contributed by atoms with Crippen molar-refractivity contribution in [3.05, 3.63) is 64.5 Å². The molecule has 120 valence electrons. The fraction of sp³-hybridized carbons (Fsp3) is 0. The molecule has 0 unspecified atom stereocenters. The highest BCUT2D eigenvalue weighted by molar-refractivity contribution is 7.95. The number of carbonyl (C=O) groups excluding carboxylic acids is 1. The predicted octanol–water partition coefficient (Wildman–Crippen LogP) is 3.24. The van der Waals surface area contributed by atoms with E-state index in [1.54, 1.807) is 42.5 Å². The minimum absolute atomic E-state index is 0.303. The van der Waals surface area contributed by atoms with Crippen molar-refractivity contribution in [3.8, 4) is 0 Å². The van der Waals surface area contributed by atoms with Gasteiger partial charge in [-0.25, -0.2) is 13.2 Å². The number of nitrogens with two attached hydrogens (primary N) is 1. The van der Waals surface area contributed by atoms with Crippen molar-refractivity contribution >= 4 is 45.1 Å². The van der Waals surface area contributed by atoms with Crippen LogP contribution in [0.3, 0.4) is 0 Å². The maximum Gasteiger partial charge on any atom is 0.316 e. The second-order valence-electron chi connectivity index (χ2n) is 4.57. The van der Waals surface area contributed by atoms with Crippen LogP contribution in [0.25, 0.3) is 6.08 Å². The average Bonchev–Trinajstić information content (AvgIpc) is 2.46. The molecule has 4 N–H and O–H groups in total. The average molecular weight is 352 g/mol. The summed E-state index contributed by atoms with van der Waals surface area (Å²) in [5.74, 6) is 0. The summed E-state index contributed by atoms with van der Waals surface area (Å²) in [6.07, 6.45) is 1.45. The Balaban J connectivity index is 2.11. The summed E-state index contributed by atoms with van der Waals surface area (Å²) in [4.78, 5) is 10.8. The van der Waals surface area contributed by atoms with Crippen LogP contribution in [-0.2, 0) is 10.0 Å². The van der Waals surface area contributed by atoms with Gasteiger partial charge in [0.25, 0.3) is 10.0 Å². The summed E-state index contributed by atoms with van der Waals surface area (Å²) in [5.41, 5.74) is 6.40. The molecule has 2 aromatic carbocycles. The standard InChI is InChI=1S/C15H14ClN3O3S/c16-12-6-4-11(5-7-12)8-9-23(21,22)19-14-3-1-2-13(10-14)18-15(17)20/h1-10,19H,(H3,17,18,20)/b9-8+. The molecule has 0 bridgehead atoms. The molecule has 23 heavy (non-hydrogen) atoms. The van der Waals surface area contributed by atoms with Crippen molar-refractivity contribution in [2.75, 3.05) is 10.0 Å². The Morgan fingerprint density at radius 1 is 1.09 bits per heavy atom. The summed E-state index contributed by atoms with van der Waals surface area (Å²) >= 11 is 5.77. The smallest absolute Gasteiger partial charge is 0.316 e. The van der Waals surface area contributed by atoms with Gasteiger partial charge in [-0.2, -0.15) is 0 Å². The SMILES string of the molecule is NC(=O)Nc1cccc(NS(=O)(=O)/C=C/c2ccc(Cl)cc2)c1. The van der Waals surface area contributed by atoms with E-state index in [0.29, 0.717) is 22.0 Å². The minimum Gasteiger partial charge on any atom is -0.351 e. The number of primary amides is 1. The van der Waals surface area contributed by atoms with Gasteiger partial charge in [-0.05, 0) is 42.0 Å². The highest BCUT2D eigenvalue weighted by atomic mass is 35.5. The van der Waals surface area contributed by atoms with E-state index in [9.17, 15) is 13.2 Å². The van der Waals surface area contributed by atoms with Crippen LogP contribution in [0.1, 0.15) is 5.56 Å². The van der Waals surface area contributed by atoms with Crippen LogP contribution in [0.4, 0.5) is 16.2 Å². The van der Waals surface area contributed by atoms with Crippen LogP contribution in [0, 0.1) is 0 Å². The molecule has 2 rings (SSSR count). The van der Waals surface area contributed by atoms with E-state index >= 15 is 0 Å². The van der Waals surface area contributed by atoms with Gasteiger partial charge in [0.05, 0.1) is 11.1 Å². The maximum absolute atomic E-state index is 12.0. The lowest BCUT2D eigenvalue weighted by atomic mass is 10.2. The normalized spacial score (nSPS) is 11.3. The van der Waals surface area contributed by atoms with Crippen molar-refractivity contribution in [2.45, 2.75) is 0 Å². The first-order valence-corrected chi connectivity index (χ1v) is 8.39. The van der Waals surface area contributed by atoms with E-state index in [1.165, 1.54) is 12.1 Å². The first-order chi connectivity index (χ1) is 10.8. The fourth-order valence-corrected chi connectivity index (χ4v) is 2.73. The third-order valence-electron chi connectivity index (χ3n) is 2.70. The van der Waals surface area contributed by atoms with Crippen molar-refractivity contribution in [2.24, 2.45) is 5.73 Å². The number of amides is 2. The Morgan fingerprint density at radius 2 is 1.74 bits per heavy atom. The summed E-state index contributed by atoms with van der Waals surface area (Å²) in [6, 6.07) is 12.2. The fourth-order valence-electron chi connectivity index (χ4n) is 1.74. The molecule has 0 saturated heterocycles. The zero-order valence-corrected chi connectivity index (χ0v) is 13.4. The zero-order valence-electron chi connectivity index (χ0n) is 11.9. The first kappa shape index (κ1) is 16.9. The van der Waals surface area contributed by atoms with Gasteiger partial charge in [0.1, 0.15) is 0 Å². The van der Waals surface area contributed by atoms with E-state index in [0.717, 1.165) is 5.41 Å². The summed E-state index contributed by atoms with van der Waals surface area (Å²) < 4.78 is 26.5. The molecule has 0 spiro atoms. The molecular formula is C15H14ClN3O3S. The van der Waals surface area contributed by atoms with Gasteiger partial charge in [-0.3, -0.25) is 4.72 Å². The molecule has 2 aromatic rings. The van der Waals surface area contributed by atoms with Crippen molar-refractivity contribution in [1.82, 2.24) is 0 Å². The molecule has 8 heteroatoms. The molecular weight excluding hydrogens is 338 g/mol. The minimum atomic E-state index is -3.70. The van der Waals surface area contributed by atoms with Gasteiger partial charge < -0.3 is 11.1 Å². The molecule has 0 fully saturated rings. The largest absolute Gasteiger partial charge is 0.351 e. The van der Waals surface area contributed by atoms with Crippen molar-refractivity contribution in [3.63, 3.8) is 0 Å². The highest BCUT2D eigenvalue weighted by Gasteiger charge is 2.06. The van der Waals surface area contributed by atoms with Crippen LogP contribution in [0.15, 0.2) is 53.9 Å². The summed E-state index contributed by atoms with van der Waals surface area (Å²) in [7, 11) is -3.70. The number of urea groups is 1. The predicted molar refractivity (Wildman–Crippen MR) is 92.7 cm³/mol. The molecule has 2 amide bonds. The summed E-state index contributed by atoms with van der Waals surface area (Å²) in [6.45, 7) is 0. The molecule has 6 nitrogen and oxygen atoms in total. The van der Waals surface area contributed by atoms with E-state index in [2.05, 4.69) is 10.0 Å². The van der Waals surface area contributed by atoms with Crippen molar-refractivity contribution in [1.29, 1.82) is 0 Å². The molecule has 0 aromatic heterocycles. The van der Waals surface area contributed by atoms with Gasteiger partial charge >= 0.3 is 6.03 Å². The monoisotopic (exact) mass is 351 g/mol. The van der Waals surface area contributed by atoms with E-state index in [-0.39, 0.29) is 0 Å². The van der Waals surface area contributed by atoms with Crippen LogP contribution < -0.4 is 15.8 Å². The van der Waals surface area contributed by atoms with Gasteiger partial charge in [-0.1, -0.05) is 29.8 Å². The van der Waals surface area contributed by atoms with Crippen LogP contribution >= 0.6 is 11.6 Å². The number of sulfonamides is 1. The lowest BCUT2D eigenvalue weighted by molar-refractivity contribution is 0.259. The number of rotatable bonds is 5. The van der Waals surface area contributed by atoms with E-state index < -0.39 is 16.1 Å². The third-order valence-corrected chi connectivity index (χ3v) is 3.97. The summed E-state index contributed by atoms with van der Waals surface area (Å²) in [5, 5.41) is 3.98. The quantitative estimate of drug-likeness (QED) is 0.770.